The van der Waals surface area contributed by atoms with Crippen molar-refractivity contribution in [2.75, 3.05) is 11.9 Å². The van der Waals surface area contributed by atoms with E-state index in [1.165, 1.54) is 32.1 Å². The van der Waals surface area contributed by atoms with Gasteiger partial charge in [0.25, 0.3) is 0 Å². The highest BCUT2D eigenvalue weighted by atomic mass is 16.5. The van der Waals surface area contributed by atoms with Crippen LogP contribution in [0.2, 0.25) is 0 Å². The predicted octanol–water partition coefficient (Wildman–Crippen LogP) is 4.84. The number of pyridine rings is 1. The molecule has 1 saturated carbocycles. The van der Waals surface area contributed by atoms with Crippen molar-refractivity contribution in [3.63, 3.8) is 0 Å². The van der Waals surface area contributed by atoms with Crippen LogP contribution in [0.4, 0.5) is 17.1 Å². The van der Waals surface area contributed by atoms with E-state index >= 15 is 0 Å². The van der Waals surface area contributed by atoms with Gasteiger partial charge < -0.3 is 21.5 Å². The lowest BCUT2D eigenvalue weighted by Gasteiger charge is -2.21. The minimum Gasteiger partial charge on any atom is -0.493 e. The van der Waals surface area contributed by atoms with Gasteiger partial charge in [0.1, 0.15) is 5.75 Å². The first-order chi connectivity index (χ1) is 14.2. The summed E-state index contributed by atoms with van der Waals surface area (Å²) in [4.78, 5) is 8.61. The number of benzene rings is 2. The highest BCUT2D eigenvalue weighted by Crippen LogP contribution is 2.31. The Bertz CT molecular complexity index is 990. The van der Waals surface area contributed by atoms with E-state index in [0.717, 1.165) is 34.6 Å². The van der Waals surface area contributed by atoms with Crippen molar-refractivity contribution in [2.45, 2.75) is 32.1 Å². The Hall–Kier alpha value is -3.28. The first-order valence-electron chi connectivity index (χ1n) is 10.2. The van der Waals surface area contributed by atoms with E-state index in [9.17, 15) is 0 Å². The molecule has 0 aliphatic heterocycles. The van der Waals surface area contributed by atoms with Crippen molar-refractivity contribution in [1.82, 2.24) is 4.98 Å². The summed E-state index contributed by atoms with van der Waals surface area (Å²) in [5.74, 6) is 1.63. The lowest BCUT2D eigenvalue weighted by atomic mass is 9.90. The minimum atomic E-state index is 0.0153. The third kappa shape index (κ3) is 4.77. The van der Waals surface area contributed by atoms with E-state index in [1.54, 1.807) is 6.20 Å². The number of nitrogens with two attached hydrogens (primary N) is 2. The summed E-state index contributed by atoms with van der Waals surface area (Å²) in [5, 5.41) is 4.41. The van der Waals surface area contributed by atoms with Gasteiger partial charge in [-0.1, -0.05) is 31.4 Å². The summed E-state index contributed by atoms with van der Waals surface area (Å²) in [6.07, 6.45) is 8.36. The molecule has 5 N–H and O–H groups in total. The number of fused-ring (bicyclic) bond motifs is 1. The number of aromatic nitrogens is 1. The Labute approximate surface area is 171 Å². The number of hydrogen-bond donors (Lipinski definition) is 3. The molecule has 6 nitrogen and oxygen atoms in total. The van der Waals surface area contributed by atoms with Crippen molar-refractivity contribution in [2.24, 2.45) is 22.4 Å². The summed E-state index contributed by atoms with van der Waals surface area (Å²) in [6, 6.07) is 15.8. The second kappa shape index (κ2) is 8.82. The van der Waals surface area contributed by atoms with Crippen LogP contribution in [-0.2, 0) is 0 Å². The van der Waals surface area contributed by atoms with Crippen LogP contribution in [-0.4, -0.2) is 17.6 Å². The van der Waals surface area contributed by atoms with Gasteiger partial charge in [0.2, 0.25) is 0 Å². The van der Waals surface area contributed by atoms with Gasteiger partial charge in [0.05, 0.1) is 17.8 Å². The number of aliphatic imine (C=N–C) groups is 1. The molecule has 0 saturated heterocycles. The molecule has 1 aliphatic carbocycles. The van der Waals surface area contributed by atoms with E-state index < -0.39 is 0 Å². The number of nitrogens with one attached hydrogen (secondary N) is 1. The Morgan fingerprint density at radius 2 is 1.83 bits per heavy atom. The van der Waals surface area contributed by atoms with Crippen molar-refractivity contribution in [3.05, 3.63) is 54.7 Å². The van der Waals surface area contributed by atoms with Crippen LogP contribution >= 0.6 is 0 Å². The van der Waals surface area contributed by atoms with Crippen molar-refractivity contribution < 1.29 is 4.74 Å². The molecule has 0 unspecified atom stereocenters. The fourth-order valence-electron chi connectivity index (χ4n) is 3.86. The van der Waals surface area contributed by atoms with Gasteiger partial charge in [-0.05, 0) is 55.2 Å². The summed E-state index contributed by atoms with van der Waals surface area (Å²) < 4.78 is 6.00. The van der Waals surface area contributed by atoms with Crippen LogP contribution in [0.15, 0.2) is 59.7 Å². The Morgan fingerprint density at radius 3 is 2.59 bits per heavy atom. The summed E-state index contributed by atoms with van der Waals surface area (Å²) >= 11 is 0. The lowest BCUT2D eigenvalue weighted by molar-refractivity contribution is 0.209. The largest absolute Gasteiger partial charge is 0.493 e. The molecule has 0 bridgehead atoms. The van der Waals surface area contributed by atoms with Gasteiger partial charge in [-0.15, -0.1) is 0 Å². The van der Waals surface area contributed by atoms with E-state index in [1.807, 2.05) is 48.5 Å². The zero-order valence-electron chi connectivity index (χ0n) is 16.5. The number of guanidine groups is 1. The fourth-order valence-corrected chi connectivity index (χ4v) is 3.86. The van der Waals surface area contributed by atoms with Crippen molar-refractivity contribution >= 4 is 33.9 Å². The quantitative estimate of drug-likeness (QED) is 0.414. The Kier molecular flexibility index (Phi) is 5.79. The fraction of sp³-hybridized carbons (Fsp3) is 0.304. The summed E-state index contributed by atoms with van der Waals surface area (Å²) in [6.45, 7) is 0.815. The number of para-hydroxylation sites is 1. The van der Waals surface area contributed by atoms with Crippen LogP contribution in [0.25, 0.3) is 10.9 Å². The predicted molar refractivity (Wildman–Crippen MR) is 119 cm³/mol. The van der Waals surface area contributed by atoms with E-state index in [2.05, 4.69) is 15.3 Å². The third-order valence-electron chi connectivity index (χ3n) is 5.34. The molecule has 4 rings (SSSR count). The molecule has 1 fully saturated rings. The molecule has 0 radical (unpaired) electrons. The van der Waals surface area contributed by atoms with E-state index in [-0.39, 0.29) is 5.96 Å². The maximum atomic E-state index is 6.00. The maximum absolute atomic E-state index is 6.00. The highest BCUT2D eigenvalue weighted by molar-refractivity contribution is 6.00. The molecular formula is C23H27N5O. The molecule has 29 heavy (non-hydrogen) atoms. The maximum Gasteiger partial charge on any atom is 0.191 e. The summed E-state index contributed by atoms with van der Waals surface area (Å²) in [5.41, 5.74) is 14.4. The number of hydrogen-bond acceptors (Lipinski definition) is 4. The molecule has 150 valence electrons. The van der Waals surface area contributed by atoms with Gasteiger partial charge in [-0.3, -0.25) is 4.98 Å². The average molecular weight is 390 g/mol. The zero-order chi connectivity index (χ0) is 20.1. The van der Waals surface area contributed by atoms with Crippen LogP contribution in [0.5, 0.6) is 5.75 Å². The van der Waals surface area contributed by atoms with E-state index in [0.29, 0.717) is 11.6 Å². The van der Waals surface area contributed by atoms with Crippen LogP contribution in [0.3, 0.4) is 0 Å². The van der Waals surface area contributed by atoms with Crippen molar-refractivity contribution in [1.29, 1.82) is 0 Å². The first-order valence-corrected chi connectivity index (χ1v) is 10.2. The molecule has 1 heterocycles. The van der Waals surface area contributed by atoms with Crippen LogP contribution in [0.1, 0.15) is 32.1 Å². The van der Waals surface area contributed by atoms with E-state index in [4.69, 9.17) is 16.2 Å². The molecular weight excluding hydrogens is 362 g/mol. The zero-order valence-corrected chi connectivity index (χ0v) is 16.5. The normalized spacial score (nSPS) is 14.5. The van der Waals surface area contributed by atoms with Gasteiger partial charge in [-0.25, -0.2) is 4.99 Å². The summed E-state index contributed by atoms with van der Waals surface area (Å²) in [7, 11) is 0. The minimum absolute atomic E-state index is 0.0153. The standard InChI is InChI=1S/C23H27N5O/c24-23(25)28-21-8-4-7-19-20(13-14-26-22(19)21)27-17-9-11-18(12-10-17)29-15-16-5-2-1-3-6-16/h4,7-14,16H,1-3,5-6,15H2,(H,26,27)(H4,24,25,28). The topological polar surface area (TPSA) is 98.6 Å². The van der Waals surface area contributed by atoms with Gasteiger partial charge in [-0.2, -0.15) is 0 Å². The number of anilines is 2. The number of rotatable bonds is 6. The van der Waals surface area contributed by atoms with Gasteiger partial charge in [0, 0.05) is 23.0 Å². The SMILES string of the molecule is NC(N)=Nc1cccc2c(Nc3ccc(OCC4CCCCC4)cc3)ccnc12. The second-order valence-corrected chi connectivity index (χ2v) is 7.53. The monoisotopic (exact) mass is 389 g/mol. The van der Waals surface area contributed by atoms with Crippen molar-refractivity contribution in [3.8, 4) is 5.75 Å². The van der Waals surface area contributed by atoms with Crippen LogP contribution < -0.4 is 21.5 Å². The molecule has 6 heteroatoms. The molecule has 0 spiro atoms. The Balaban J connectivity index is 1.47. The second-order valence-electron chi connectivity index (χ2n) is 7.53. The Morgan fingerprint density at radius 1 is 1.03 bits per heavy atom. The molecule has 1 aromatic heterocycles. The molecule has 2 aromatic carbocycles. The number of ether oxygens (including phenoxy) is 1. The lowest BCUT2D eigenvalue weighted by Crippen LogP contribution is -2.21. The van der Waals surface area contributed by atoms with Crippen LogP contribution in [0, 0.1) is 5.92 Å². The molecule has 1 aliphatic rings. The van der Waals surface area contributed by atoms with Gasteiger partial charge in [0.15, 0.2) is 5.96 Å². The van der Waals surface area contributed by atoms with Gasteiger partial charge >= 0.3 is 0 Å². The smallest absolute Gasteiger partial charge is 0.191 e. The average Bonchev–Trinajstić information content (AvgIpc) is 2.74. The third-order valence-corrected chi connectivity index (χ3v) is 5.34. The molecule has 0 amide bonds. The molecule has 3 aromatic rings. The highest BCUT2D eigenvalue weighted by Gasteiger charge is 2.14. The first kappa shape index (κ1) is 19.1. The number of nitrogens with zero attached hydrogens (tertiary/aromatic N) is 2. The molecule has 0 atom stereocenters.